The zero-order valence-corrected chi connectivity index (χ0v) is 15.2. The average molecular weight is 374 g/mol. The number of rotatable bonds is 8. The van der Waals surface area contributed by atoms with Crippen LogP contribution in [0.5, 0.6) is 5.75 Å². The topological polar surface area (TPSA) is 64.6 Å². The Balaban J connectivity index is 2.02. The molecule has 6 heteroatoms. The van der Waals surface area contributed by atoms with Gasteiger partial charge >= 0.3 is 5.97 Å². The summed E-state index contributed by atoms with van der Waals surface area (Å²) >= 11 is 5.86. The van der Waals surface area contributed by atoms with Gasteiger partial charge in [-0.3, -0.25) is 4.79 Å². The van der Waals surface area contributed by atoms with Crippen molar-refractivity contribution in [3.05, 3.63) is 77.3 Å². The van der Waals surface area contributed by atoms with Crippen molar-refractivity contribution >= 4 is 23.5 Å². The molecule has 0 saturated carbocycles. The maximum atomic E-state index is 12.4. The zero-order valence-electron chi connectivity index (χ0n) is 14.4. The summed E-state index contributed by atoms with van der Waals surface area (Å²) in [7, 11) is 0. The van der Waals surface area contributed by atoms with Gasteiger partial charge in [0.15, 0.2) is 6.10 Å². The molecule has 136 valence electrons. The summed E-state index contributed by atoms with van der Waals surface area (Å²) in [6.45, 7) is 5.61. The lowest BCUT2D eigenvalue weighted by Gasteiger charge is -2.15. The Bertz CT molecular complexity index is 774. The van der Waals surface area contributed by atoms with E-state index >= 15 is 0 Å². The smallest absolute Gasteiger partial charge is 0.342 e. The number of ether oxygens (including phenoxy) is 2. The maximum absolute atomic E-state index is 12.4. The number of halogens is 1. The van der Waals surface area contributed by atoms with E-state index in [9.17, 15) is 9.59 Å². The van der Waals surface area contributed by atoms with Crippen molar-refractivity contribution in [1.82, 2.24) is 5.32 Å². The predicted octanol–water partition coefficient (Wildman–Crippen LogP) is 3.77. The fourth-order valence-electron chi connectivity index (χ4n) is 2.10. The van der Waals surface area contributed by atoms with Crippen LogP contribution in [-0.4, -0.2) is 24.5 Å². The molecular weight excluding hydrogens is 354 g/mol. The molecule has 1 atom stereocenters. The first-order valence-corrected chi connectivity index (χ1v) is 8.45. The Morgan fingerprint density at radius 2 is 1.88 bits per heavy atom. The molecule has 1 N–H and O–H groups in total. The summed E-state index contributed by atoms with van der Waals surface area (Å²) < 4.78 is 11.0. The van der Waals surface area contributed by atoms with Crippen molar-refractivity contribution < 1.29 is 19.1 Å². The zero-order chi connectivity index (χ0) is 18.9. The van der Waals surface area contributed by atoms with Crippen LogP contribution in [0.4, 0.5) is 0 Å². The molecule has 0 spiro atoms. The number of benzene rings is 2. The van der Waals surface area contributed by atoms with Crippen LogP contribution in [0.2, 0.25) is 5.02 Å². The minimum Gasteiger partial charge on any atom is -0.488 e. The molecular formula is C20H20ClNO4. The SMILES string of the molecule is C=CCNC(=O)C(C)OC(=O)c1ccccc1OCc1ccc(Cl)cc1. The average Bonchev–Trinajstić information content (AvgIpc) is 2.65. The normalized spacial score (nSPS) is 11.3. The maximum Gasteiger partial charge on any atom is 0.342 e. The molecule has 0 heterocycles. The minimum atomic E-state index is -0.924. The van der Waals surface area contributed by atoms with Gasteiger partial charge in [-0.05, 0) is 36.8 Å². The fraction of sp³-hybridized carbons (Fsp3) is 0.200. The summed E-state index contributed by atoms with van der Waals surface area (Å²) in [5.41, 5.74) is 1.17. The highest BCUT2D eigenvalue weighted by atomic mass is 35.5. The number of hydrogen-bond donors (Lipinski definition) is 1. The van der Waals surface area contributed by atoms with Crippen molar-refractivity contribution in [3.63, 3.8) is 0 Å². The van der Waals surface area contributed by atoms with Crippen LogP contribution in [0.25, 0.3) is 0 Å². The largest absolute Gasteiger partial charge is 0.488 e. The van der Waals surface area contributed by atoms with E-state index in [0.717, 1.165) is 5.56 Å². The summed E-state index contributed by atoms with van der Waals surface area (Å²) in [5.74, 6) is -0.637. The van der Waals surface area contributed by atoms with Gasteiger partial charge in [-0.1, -0.05) is 41.9 Å². The highest BCUT2D eigenvalue weighted by molar-refractivity contribution is 6.30. The van der Waals surface area contributed by atoms with Crippen molar-refractivity contribution in [2.45, 2.75) is 19.6 Å². The number of amides is 1. The van der Waals surface area contributed by atoms with Crippen LogP contribution in [0.3, 0.4) is 0 Å². The number of para-hydroxylation sites is 1. The third kappa shape index (κ3) is 5.63. The van der Waals surface area contributed by atoms with Gasteiger partial charge in [-0.15, -0.1) is 6.58 Å². The van der Waals surface area contributed by atoms with Crippen LogP contribution < -0.4 is 10.1 Å². The van der Waals surface area contributed by atoms with E-state index in [1.54, 1.807) is 42.5 Å². The number of hydrogen-bond acceptors (Lipinski definition) is 4. The van der Waals surface area contributed by atoms with E-state index in [4.69, 9.17) is 21.1 Å². The number of esters is 1. The van der Waals surface area contributed by atoms with Gasteiger partial charge in [-0.2, -0.15) is 0 Å². The second kappa shape index (κ2) is 9.63. The molecule has 0 aliphatic carbocycles. The van der Waals surface area contributed by atoms with Crippen LogP contribution in [0.1, 0.15) is 22.8 Å². The van der Waals surface area contributed by atoms with Crippen LogP contribution in [0.15, 0.2) is 61.2 Å². The quantitative estimate of drug-likeness (QED) is 0.565. The molecule has 26 heavy (non-hydrogen) atoms. The van der Waals surface area contributed by atoms with E-state index in [2.05, 4.69) is 11.9 Å². The summed E-state index contributed by atoms with van der Waals surface area (Å²) in [4.78, 5) is 24.2. The van der Waals surface area contributed by atoms with Crippen molar-refractivity contribution in [3.8, 4) is 5.75 Å². The first kappa shape index (κ1) is 19.5. The molecule has 0 radical (unpaired) electrons. The Morgan fingerprint density at radius 3 is 2.58 bits per heavy atom. The molecule has 0 fully saturated rings. The number of nitrogens with one attached hydrogen (secondary N) is 1. The van der Waals surface area contributed by atoms with Gasteiger partial charge in [-0.25, -0.2) is 4.79 Å². The van der Waals surface area contributed by atoms with Gasteiger partial charge in [0.2, 0.25) is 0 Å². The highest BCUT2D eigenvalue weighted by Crippen LogP contribution is 2.21. The first-order valence-electron chi connectivity index (χ1n) is 8.07. The van der Waals surface area contributed by atoms with Crippen molar-refractivity contribution in [1.29, 1.82) is 0 Å². The highest BCUT2D eigenvalue weighted by Gasteiger charge is 2.20. The van der Waals surface area contributed by atoms with Gasteiger partial charge in [0.1, 0.15) is 17.9 Å². The predicted molar refractivity (Wildman–Crippen MR) is 100 cm³/mol. The third-order valence-corrected chi connectivity index (χ3v) is 3.74. The second-order valence-corrected chi connectivity index (χ2v) is 5.93. The summed E-state index contributed by atoms with van der Waals surface area (Å²) in [6, 6.07) is 13.9. The van der Waals surface area contributed by atoms with E-state index < -0.39 is 18.0 Å². The van der Waals surface area contributed by atoms with E-state index in [1.807, 2.05) is 12.1 Å². The molecule has 2 aromatic rings. The number of carbonyl (C=O) groups is 2. The standard InChI is InChI=1S/C20H20ClNO4/c1-3-12-22-19(23)14(2)26-20(24)17-6-4-5-7-18(17)25-13-15-8-10-16(21)11-9-15/h3-11,14H,1,12-13H2,2H3,(H,22,23). The lowest BCUT2D eigenvalue weighted by Crippen LogP contribution is -2.35. The Hall–Kier alpha value is -2.79. The molecule has 0 aromatic heterocycles. The lowest BCUT2D eigenvalue weighted by atomic mass is 10.2. The molecule has 2 rings (SSSR count). The minimum absolute atomic E-state index is 0.254. The van der Waals surface area contributed by atoms with Gasteiger partial charge in [0.25, 0.3) is 5.91 Å². The third-order valence-electron chi connectivity index (χ3n) is 3.49. The fourth-order valence-corrected chi connectivity index (χ4v) is 2.22. The summed E-state index contributed by atoms with van der Waals surface area (Å²) in [6.07, 6.45) is 0.624. The second-order valence-electron chi connectivity index (χ2n) is 5.49. The van der Waals surface area contributed by atoms with Crippen LogP contribution >= 0.6 is 11.6 Å². The van der Waals surface area contributed by atoms with Crippen LogP contribution in [0, 0.1) is 0 Å². The van der Waals surface area contributed by atoms with Gasteiger partial charge < -0.3 is 14.8 Å². The molecule has 1 amide bonds. The van der Waals surface area contributed by atoms with Crippen LogP contribution in [-0.2, 0) is 16.1 Å². The van der Waals surface area contributed by atoms with Gasteiger partial charge in [0, 0.05) is 11.6 Å². The van der Waals surface area contributed by atoms with Crippen molar-refractivity contribution in [2.24, 2.45) is 0 Å². The monoisotopic (exact) mass is 373 g/mol. The van der Waals surface area contributed by atoms with Crippen molar-refractivity contribution in [2.75, 3.05) is 6.54 Å². The van der Waals surface area contributed by atoms with E-state index in [1.165, 1.54) is 6.92 Å². The lowest BCUT2D eigenvalue weighted by molar-refractivity contribution is -0.128. The number of carbonyl (C=O) groups excluding carboxylic acids is 2. The molecule has 1 unspecified atom stereocenters. The Kier molecular flexibility index (Phi) is 7.24. The summed E-state index contributed by atoms with van der Waals surface area (Å²) in [5, 5.41) is 3.22. The van der Waals surface area contributed by atoms with E-state index in [0.29, 0.717) is 17.3 Å². The molecule has 0 aliphatic heterocycles. The first-order chi connectivity index (χ1) is 12.5. The Morgan fingerprint density at radius 1 is 1.19 bits per heavy atom. The molecule has 5 nitrogen and oxygen atoms in total. The molecule has 0 aliphatic rings. The van der Waals surface area contributed by atoms with E-state index in [-0.39, 0.29) is 12.2 Å². The molecule has 2 aromatic carbocycles. The molecule has 0 bridgehead atoms. The Labute approximate surface area is 157 Å². The molecule has 0 saturated heterocycles. The van der Waals surface area contributed by atoms with Gasteiger partial charge in [0.05, 0.1) is 0 Å².